The molecule has 106 valence electrons. The van der Waals surface area contributed by atoms with Crippen LogP contribution < -0.4 is 10.6 Å². The van der Waals surface area contributed by atoms with Crippen molar-refractivity contribution in [2.45, 2.75) is 44.6 Å². The van der Waals surface area contributed by atoms with Crippen molar-refractivity contribution in [1.29, 1.82) is 0 Å². The van der Waals surface area contributed by atoms with Gasteiger partial charge in [-0.1, -0.05) is 12.8 Å². The van der Waals surface area contributed by atoms with E-state index in [0.29, 0.717) is 12.6 Å². The first-order valence-corrected chi connectivity index (χ1v) is 6.77. The minimum atomic E-state index is -0.289. The van der Waals surface area contributed by atoms with Crippen LogP contribution in [0.15, 0.2) is 0 Å². The number of piperidine rings is 1. The van der Waals surface area contributed by atoms with Crippen molar-refractivity contribution >= 4 is 18.3 Å². The zero-order valence-corrected chi connectivity index (χ0v) is 12.0. The van der Waals surface area contributed by atoms with Crippen LogP contribution in [0.25, 0.3) is 0 Å². The Bertz CT molecular complexity index is 256. The molecule has 0 aromatic carbocycles. The lowest BCUT2D eigenvalue weighted by atomic mass is 9.78. The Labute approximate surface area is 116 Å². The molecule has 2 fully saturated rings. The molecule has 2 N–H and O–H groups in total. The van der Waals surface area contributed by atoms with Gasteiger partial charge in [0, 0.05) is 13.2 Å². The second-order valence-electron chi connectivity index (χ2n) is 5.42. The third-order valence-corrected chi connectivity index (χ3v) is 4.15. The summed E-state index contributed by atoms with van der Waals surface area (Å²) in [5.74, 6) is 0.216. The molecule has 0 aromatic rings. The number of halogens is 1. The molecule has 5 heteroatoms. The van der Waals surface area contributed by atoms with E-state index in [2.05, 4.69) is 10.6 Å². The van der Waals surface area contributed by atoms with Crippen LogP contribution in [0.3, 0.4) is 0 Å². The van der Waals surface area contributed by atoms with E-state index in [1.54, 1.807) is 7.11 Å². The van der Waals surface area contributed by atoms with Crippen molar-refractivity contribution in [2.24, 2.45) is 5.41 Å². The van der Waals surface area contributed by atoms with Crippen LogP contribution in [0.4, 0.5) is 0 Å². The first-order chi connectivity index (χ1) is 8.27. The lowest BCUT2D eigenvalue weighted by Crippen LogP contribution is -2.52. The van der Waals surface area contributed by atoms with Gasteiger partial charge in [-0.2, -0.15) is 0 Å². The predicted molar refractivity (Wildman–Crippen MR) is 74.1 cm³/mol. The summed E-state index contributed by atoms with van der Waals surface area (Å²) >= 11 is 0. The number of hydrogen-bond donors (Lipinski definition) is 2. The number of carbonyl (C=O) groups excluding carboxylic acids is 1. The molecule has 1 heterocycles. The number of carbonyl (C=O) groups is 1. The van der Waals surface area contributed by atoms with Crippen molar-refractivity contribution < 1.29 is 9.53 Å². The van der Waals surface area contributed by atoms with Crippen molar-refractivity contribution in [3.63, 3.8) is 0 Å². The number of nitrogens with one attached hydrogen (secondary N) is 2. The van der Waals surface area contributed by atoms with E-state index in [1.165, 1.54) is 12.8 Å². The zero-order chi connectivity index (χ0) is 12.1. The molecule has 2 rings (SSSR count). The average Bonchev–Trinajstić information content (AvgIpc) is 2.83. The van der Waals surface area contributed by atoms with Crippen LogP contribution in [0.5, 0.6) is 0 Å². The molecular weight excluding hydrogens is 252 g/mol. The third-order valence-electron chi connectivity index (χ3n) is 4.15. The van der Waals surface area contributed by atoms with E-state index in [9.17, 15) is 4.79 Å². The molecular formula is C13H25ClN2O2. The summed E-state index contributed by atoms with van der Waals surface area (Å²) in [6.45, 7) is 2.39. The Morgan fingerprint density at radius 2 is 1.94 bits per heavy atom. The fourth-order valence-electron chi connectivity index (χ4n) is 3.03. The number of amides is 1. The van der Waals surface area contributed by atoms with Gasteiger partial charge in [-0.15, -0.1) is 12.4 Å². The molecule has 0 atom stereocenters. The van der Waals surface area contributed by atoms with Crippen LogP contribution >= 0.6 is 12.4 Å². The maximum Gasteiger partial charge on any atom is 0.228 e. The molecule has 0 unspecified atom stereocenters. The largest absolute Gasteiger partial charge is 0.384 e. The van der Waals surface area contributed by atoms with E-state index in [4.69, 9.17) is 4.74 Å². The molecule has 0 radical (unpaired) electrons. The Balaban J connectivity index is 0.00000162. The number of rotatable bonds is 4. The molecule has 1 aliphatic heterocycles. The normalized spacial score (nSPS) is 23.4. The van der Waals surface area contributed by atoms with Crippen molar-refractivity contribution in [3.05, 3.63) is 0 Å². The van der Waals surface area contributed by atoms with E-state index in [-0.39, 0.29) is 23.7 Å². The first kappa shape index (κ1) is 15.7. The molecule has 1 saturated carbocycles. The Morgan fingerprint density at radius 1 is 1.33 bits per heavy atom. The summed E-state index contributed by atoms with van der Waals surface area (Å²) in [5.41, 5.74) is -0.289. The summed E-state index contributed by atoms with van der Waals surface area (Å²) in [7, 11) is 1.69. The van der Waals surface area contributed by atoms with Crippen LogP contribution in [-0.2, 0) is 9.53 Å². The Hall–Kier alpha value is -0.320. The third kappa shape index (κ3) is 3.59. The molecule has 18 heavy (non-hydrogen) atoms. The predicted octanol–water partition coefficient (Wildman–Crippen LogP) is 1.48. The number of hydrogen-bond acceptors (Lipinski definition) is 3. The minimum Gasteiger partial charge on any atom is -0.384 e. The lowest BCUT2D eigenvalue weighted by Gasteiger charge is -2.36. The fourth-order valence-corrected chi connectivity index (χ4v) is 3.03. The van der Waals surface area contributed by atoms with Gasteiger partial charge in [-0.25, -0.2) is 0 Å². The van der Waals surface area contributed by atoms with Crippen LogP contribution in [0.2, 0.25) is 0 Å². The molecule has 1 saturated heterocycles. The Kier molecular flexibility index (Phi) is 6.39. The standard InChI is InChI=1S/C13H24N2O2.ClH/c1-17-10-13(6-8-14-9-7-13)12(16)15-11-4-2-3-5-11;/h11,14H,2-10H2,1H3,(H,15,16);1H. The van der Waals surface area contributed by atoms with Crippen molar-refractivity contribution in [2.75, 3.05) is 26.8 Å². The van der Waals surface area contributed by atoms with Gasteiger partial charge >= 0.3 is 0 Å². The van der Waals surface area contributed by atoms with Crippen LogP contribution in [-0.4, -0.2) is 38.8 Å². The molecule has 0 aromatic heterocycles. The summed E-state index contributed by atoms with van der Waals surface area (Å²) in [6, 6.07) is 0.408. The van der Waals surface area contributed by atoms with Gasteiger partial charge < -0.3 is 15.4 Å². The molecule has 1 aliphatic carbocycles. The smallest absolute Gasteiger partial charge is 0.228 e. The first-order valence-electron chi connectivity index (χ1n) is 6.77. The quantitative estimate of drug-likeness (QED) is 0.818. The van der Waals surface area contributed by atoms with Gasteiger partial charge in [0.1, 0.15) is 0 Å². The fraction of sp³-hybridized carbons (Fsp3) is 0.923. The maximum atomic E-state index is 12.4. The zero-order valence-electron chi connectivity index (χ0n) is 11.2. The molecule has 2 aliphatic rings. The van der Waals surface area contributed by atoms with Gasteiger partial charge in [0.25, 0.3) is 0 Å². The highest BCUT2D eigenvalue weighted by Crippen LogP contribution is 2.30. The maximum absolute atomic E-state index is 12.4. The highest BCUT2D eigenvalue weighted by molar-refractivity contribution is 5.85. The summed E-state index contributed by atoms with van der Waals surface area (Å²) in [6.07, 6.45) is 6.58. The van der Waals surface area contributed by atoms with Crippen molar-refractivity contribution in [1.82, 2.24) is 10.6 Å². The molecule has 1 amide bonds. The average molecular weight is 277 g/mol. The van der Waals surface area contributed by atoms with Crippen molar-refractivity contribution in [3.8, 4) is 0 Å². The van der Waals surface area contributed by atoms with E-state index < -0.39 is 0 Å². The molecule has 0 bridgehead atoms. The highest BCUT2D eigenvalue weighted by atomic mass is 35.5. The number of ether oxygens (including phenoxy) is 1. The molecule has 0 spiro atoms. The van der Waals surface area contributed by atoms with Crippen LogP contribution in [0, 0.1) is 5.41 Å². The van der Waals surface area contributed by atoms with E-state index in [1.807, 2.05) is 0 Å². The second kappa shape index (κ2) is 7.31. The Morgan fingerprint density at radius 3 is 2.50 bits per heavy atom. The SMILES string of the molecule is COCC1(C(=O)NC2CCCC2)CCNCC1.Cl. The highest BCUT2D eigenvalue weighted by Gasteiger charge is 2.40. The monoisotopic (exact) mass is 276 g/mol. The van der Waals surface area contributed by atoms with E-state index >= 15 is 0 Å². The van der Waals surface area contributed by atoms with Gasteiger partial charge in [-0.3, -0.25) is 4.79 Å². The lowest BCUT2D eigenvalue weighted by molar-refractivity contribution is -0.136. The van der Waals surface area contributed by atoms with Gasteiger partial charge in [0.15, 0.2) is 0 Å². The second-order valence-corrected chi connectivity index (χ2v) is 5.42. The summed E-state index contributed by atoms with van der Waals surface area (Å²) < 4.78 is 5.28. The number of methoxy groups -OCH3 is 1. The van der Waals surface area contributed by atoms with Gasteiger partial charge in [0.2, 0.25) is 5.91 Å². The van der Waals surface area contributed by atoms with Gasteiger partial charge in [0.05, 0.1) is 12.0 Å². The minimum absolute atomic E-state index is 0. The van der Waals surface area contributed by atoms with E-state index in [0.717, 1.165) is 38.8 Å². The topological polar surface area (TPSA) is 50.4 Å². The van der Waals surface area contributed by atoms with Crippen LogP contribution in [0.1, 0.15) is 38.5 Å². The summed E-state index contributed by atoms with van der Waals surface area (Å²) in [4.78, 5) is 12.4. The summed E-state index contributed by atoms with van der Waals surface area (Å²) in [5, 5.41) is 6.54. The van der Waals surface area contributed by atoms with Gasteiger partial charge in [-0.05, 0) is 38.8 Å². The molecule has 4 nitrogen and oxygen atoms in total.